The lowest BCUT2D eigenvalue weighted by Gasteiger charge is -2.29. The molecule has 0 aliphatic carbocycles. The Bertz CT molecular complexity index is 1300. The number of esters is 2. The summed E-state index contributed by atoms with van der Waals surface area (Å²) >= 11 is 0. The first-order valence-corrected chi connectivity index (χ1v) is 14.2. The summed E-state index contributed by atoms with van der Waals surface area (Å²) in [7, 11) is -1.34. The molecule has 1 saturated heterocycles. The van der Waals surface area contributed by atoms with E-state index in [0.717, 1.165) is 5.56 Å². The fraction of sp³-hybridized carbons (Fsp3) is 0.310. The van der Waals surface area contributed by atoms with E-state index in [0.29, 0.717) is 0 Å². The van der Waals surface area contributed by atoms with Crippen molar-refractivity contribution in [1.82, 2.24) is 0 Å². The summed E-state index contributed by atoms with van der Waals surface area (Å²) in [5, 5.41) is 11.7. The monoisotopic (exact) mass is 570 g/mol. The van der Waals surface area contributed by atoms with Crippen LogP contribution < -0.4 is 0 Å². The van der Waals surface area contributed by atoms with E-state index < -0.39 is 56.4 Å². The fourth-order valence-corrected chi connectivity index (χ4v) is 5.43. The van der Waals surface area contributed by atoms with Crippen molar-refractivity contribution < 1.29 is 47.3 Å². The summed E-state index contributed by atoms with van der Waals surface area (Å²) in [6.45, 7) is -0.353. The van der Waals surface area contributed by atoms with Crippen LogP contribution in [0.25, 0.3) is 0 Å². The van der Waals surface area contributed by atoms with Gasteiger partial charge >= 0.3 is 19.5 Å². The van der Waals surface area contributed by atoms with Crippen LogP contribution in [0.15, 0.2) is 91.0 Å². The minimum absolute atomic E-state index is 0.111. The highest BCUT2D eigenvalue weighted by atomic mass is 31.2. The predicted octanol–water partition coefficient (Wildman–Crippen LogP) is 4.23. The van der Waals surface area contributed by atoms with Gasteiger partial charge in [-0.3, -0.25) is 4.57 Å². The number of rotatable bonds is 12. The van der Waals surface area contributed by atoms with Gasteiger partial charge < -0.3 is 33.1 Å². The molecule has 0 amide bonds. The largest absolute Gasteiger partial charge is 0.452 e. The Balaban J connectivity index is 1.66. The van der Waals surface area contributed by atoms with Crippen LogP contribution in [-0.4, -0.2) is 68.1 Å². The van der Waals surface area contributed by atoms with Gasteiger partial charge in [0.25, 0.3) is 0 Å². The molecule has 212 valence electrons. The van der Waals surface area contributed by atoms with Crippen molar-refractivity contribution in [2.24, 2.45) is 0 Å². The first-order valence-electron chi connectivity index (χ1n) is 12.5. The van der Waals surface area contributed by atoms with Gasteiger partial charge in [0.05, 0.1) is 23.9 Å². The number of hydrogen-bond donors (Lipinski definition) is 1. The molecule has 0 aromatic heterocycles. The van der Waals surface area contributed by atoms with Gasteiger partial charge in [-0.25, -0.2) is 9.59 Å². The zero-order valence-corrected chi connectivity index (χ0v) is 23.0. The number of aliphatic hydroxyl groups is 1. The number of ether oxygens (including phenoxy) is 4. The molecule has 1 heterocycles. The highest BCUT2D eigenvalue weighted by molar-refractivity contribution is 7.53. The highest BCUT2D eigenvalue weighted by Gasteiger charge is 2.60. The number of carbonyl (C=O) groups excluding carboxylic acids is 2. The lowest BCUT2D eigenvalue weighted by Crippen LogP contribution is -2.50. The standard InChI is InChI=1S/C29H31O10P/c1-34-40(33,35-2)19-24-25(37-27(30)22-14-8-4-9-15-22)26(38-28(31)23-16-10-5-11-17-23)29(32,39-24)20-36-18-21-12-6-3-7-13-21/h3-17,24-26,32H,18-20H2,1-2H3. The maximum absolute atomic E-state index is 13.1. The zero-order chi connectivity index (χ0) is 28.6. The van der Waals surface area contributed by atoms with Gasteiger partial charge in [-0.2, -0.15) is 0 Å². The van der Waals surface area contributed by atoms with Crippen LogP contribution in [0.4, 0.5) is 0 Å². The van der Waals surface area contributed by atoms with Crippen LogP contribution in [-0.2, 0) is 39.2 Å². The van der Waals surface area contributed by atoms with Gasteiger partial charge in [-0.05, 0) is 29.8 Å². The number of benzene rings is 3. The summed E-state index contributed by atoms with van der Waals surface area (Å²) in [6, 6.07) is 25.5. The molecule has 1 N–H and O–H groups in total. The number of carbonyl (C=O) groups is 2. The topological polar surface area (TPSA) is 127 Å². The third-order valence-electron chi connectivity index (χ3n) is 6.34. The summed E-state index contributed by atoms with van der Waals surface area (Å²) in [6.07, 6.45) is -4.62. The van der Waals surface area contributed by atoms with Crippen molar-refractivity contribution in [2.75, 3.05) is 27.0 Å². The second kappa shape index (κ2) is 13.3. The maximum atomic E-state index is 13.1. The van der Waals surface area contributed by atoms with Crippen molar-refractivity contribution in [3.8, 4) is 0 Å². The van der Waals surface area contributed by atoms with Crippen LogP contribution in [0.5, 0.6) is 0 Å². The van der Waals surface area contributed by atoms with Gasteiger partial charge in [0.2, 0.25) is 5.79 Å². The van der Waals surface area contributed by atoms with E-state index in [4.69, 9.17) is 28.0 Å². The maximum Gasteiger partial charge on any atom is 0.338 e. The van der Waals surface area contributed by atoms with Gasteiger partial charge in [0, 0.05) is 14.2 Å². The molecule has 4 atom stereocenters. The molecular formula is C29H31O10P. The molecule has 0 spiro atoms. The minimum Gasteiger partial charge on any atom is -0.452 e. The Morgan fingerprint density at radius 1 is 0.825 bits per heavy atom. The van der Waals surface area contributed by atoms with Crippen molar-refractivity contribution >= 4 is 19.5 Å². The Morgan fingerprint density at radius 3 is 1.85 bits per heavy atom. The lowest BCUT2D eigenvalue weighted by atomic mass is 10.0. The third-order valence-corrected chi connectivity index (χ3v) is 8.26. The third kappa shape index (κ3) is 7.22. The molecule has 0 bridgehead atoms. The summed E-state index contributed by atoms with van der Waals surface area (Å²) in [5.74, 6) is -3.84. The average molecular weight is 571 g/mol. The molecule has 1 fully saturated rings. The van der Waals surface area contributed by atoms with E-state index in [1.165, 1.54) is 26.4 Å². The molecule has 40 heavy (non-hydrogen) atoms. The van der Waals surface area contributed by atoms with E-state index >= 15 is 0 Å². The van der Waals surface area contributed by atoms with E-state index in [2.05, 4.69) is 0 Å². The second-order valence-corrected chi connectivity index (χ2v) is 11.4. The van der Waals surface area contributed by atoms with E-state index in [1.807, 2.05) is 30.3 Å². The molecular weight excluding hydrogens is 539 g/mol. The first-order chi connectivity index (χ1) is 19.3. The van der Waals surface area contributed by atoms with Gasteiger partial charge in [-0.15, -0.1) is 0 Å². The van der Waals surface area contributed by atoms with Gasteiger partial charge in [0.15, 0.2) is 12.2 Å². The Kier molecular flexibility index (Phi) is 9.86. The summed E-state index contributed by atoms with van der Waals surface area (Å²) < 4.78 is 46.4. The molecule has 3 aromatic rings. The van der Waals surface area contributed by atoms with Crippen LogP contribution in [0, 0.1) is 0 Å². The molecule has 10 nitrogen and oxygen atoms in total. The Morgan fingerprint density at radius 2 is 1.32 bits per heavy atom. The molecule has 3 aromatic carbocycles. The molecule has 11 heteroatoms. The predicted molar refractivity (Wildman–Crippen MR) is 144 cm³/mol. The summed E-state index contributed by atoms with van der Waals surface area (Å²) in [5.41, 5.74) is 1.24. The minimum atomic E-state index is -3.74. The van der Waals surface area contributed by atoms with E-state index in [1.54, 1.807) is 48.5 Å². The van der Waals surface area contributed by atoms with Crippen LogP contribution in [0.3, 0.4) is 0 Å². The van der Waals surface area contributed by atoms with Crippen molar-refractivity contribution in [2.45, 2.75) is 30.7 Å². The summed E-state index contributed by atoms with van der Waals surface area (Å²) in [4.78, 5) is 26.2. The van der Waals surface area contributed by atoms with Crippen molar-refractivity contribution in [1.29, 1.82) is 0 Å². The van der Waals surface area contributed by atoms with E-state index in [-0.39, 0.29) is 17.7 Å². The molecule has 0 radical (unpaired) electrons. The molecule has 1 aliphatic rings. The zero-order valence-electron chi connectivity index (χ0n) is 22.1. The van der Waals surface area contributed by atoms with Crippen molar-refractivity contribution in [3.05, 3.63) is 108 Å². The number of hydrogen-bond acceptors (Lipinski definition) is 10. The quantitative estimate of drug-likeness (QED) is 0.250. The lowest BCUT2D eigenvalue weighted by molar-refractivity contribution is -0.252. The fourth-order valence-electron chi connectivity index (χ4n) is 4.26. The molecule has 0 saturated carbocycles. The smallest absolute Gasteiger partial charge is 0.338 e. The van der Waals surface area contributed by atoms with Crippen molar-refractivity contribution in [3.63, 3.8) is 0 Å². The first kappa shape index (κ1) is 29.6. The second-order valence-electron chi connectivity index (χ2n) is 9.07. The van der Waals surface area contributed by atoms with E-state index in [9.17, 15) is 19.3 Å². The Labute approximate surface area is 232 Å². The van der Waals surface area contributed by atoms with Gasteiger partial charge in [-0.1, -0.05) is 66.7 Å². The Hall–Kier alpha value is -3.37. The molecule has 4 unspecified atom stereocenters. The molecule has 4 rings (SSSR count). The average Bonchev–Trinajstić information content (AvgIpc) is 3.23. The SMILES string of the molecule is COP(=O)(CC1OC(O)(COCc2ccccc2)C(OC(=O)c2ccccc2)C1OC(=O)c1ccccc1)OC. The van der Waals surface area contributed by atoms with Gasteiger partial charge in [0.1, 0.15) is 12.7 Å². The van der Waals surface area contributed by atoms with Crippen LogP contribution in [0.1, 0.15) is 26.3 Å². The van der Waals surface area contributed by atoms with Crippen LogP contribution >= 0.6 is 7.60 Å². The normalized spacial score (nSPS) is 22.5. The highest BCUT2D eigenvalue weighted by Crippen LogP contribution is 2.50. The molecule has 1 aliphatic heterocycles. The van der Waals surface area contributed by atoms with Crippen LogP contribution in [0.2, 0.25) is 0 Å².